The predicted octanol–water partition coefficient (Wildman–Crippen LogP) is 3.70. The number of hydrogen-bond acceptors (Lipinski definition) is 1. The van der Waals surface area contributed by atoms with E-state index in [9.17, 15) is 0 Å². The van der Waals surface area contributed by atoms with Crippen molar-refractivity contribution in [2.24, 2.45) is 0 Å². The van der Waals surface area contributed by atoms with Crippen LogP contribution in [0.4, 0.5) is 0 Å². The fourth-order valence-electron chi connectivity index (χ4n) is 1.93. The minimum atomic E-state index is 0.972. The summed E-state index contributed by atoms with van der Waals surface area (Å²) in [6.07, 6.45) is 2.87. The van der Waals surface area contributed by atoms with E-state index in [-0.39, 0.29) is 0 Å². The van der Waals surface area contributed by atoms with Crippen molar-refractivity contribution in [2.75, 3.05) is 0 Å². The van der Waals surface area contributed by atoms with Crippen molar-refractivity contribution >= 4 is 10.8 Å². The number of aromatic nitrogens is 1. The smallest absolute Gasteiger partial charge is 0.0893 e. The van der Waals surface area contributed by atoms with Crippen molar-refractivity contribution in [3.8, 4) is 11.3 Å². The first-order valence-electron chi connectivity index (χ1n) is 5.26. The Morgan fingerprint density at radius 3 is 2.56 bits per heavy atom. The second-order valence-corrected chi connectivity index (χ2v) is 3.68. The molecule has 0 unspecified atom stereocenters. The van der Waals surface area contributed by atoms with Crippen molar-refractivity contribution in [3.63, 3.8) is 0 Å². The third-order valence-corrected chi connectivity index (χ3v) is 2.68. The van der Waals surface area contributed by atoms with Gasteiger partial charge in [0.1, 0.15) is 0 Å². The molecule has 0 aliphatic carbocycles. The van der Waals surface area contributed by atoms with E-state index in [1.165, 1.54) is 10.8 Å². The van der Waals surface area contributed by atoms with Crippen molar-refractivity contribution in [3.05, 3.63) is 66.9 Å². The molecular formula is C15H10N. The Balaban J connectivity index is 2.32. The molecule has 0 spiro atoms. The van der Waals surface area contributed by atoms with Crippen LogP contribution in [0.2, 0.25) is 0 Å². The summed E-state index contributed by atoms with van der Waals surface area (Å²) in [6.45, 7) is 0. The summed E-state index contributed by atoms with van der Waals surface area (Å²) in [5, 5.41) is 2.47. The zero-order chi connectivity index (χ0) is 10.8. The molecule has 0 atom stereocenters. The highest BCUT2D eigenvalue weighted by Crippen LogP contribution is 2.26. The minimum absolute atomic E-state index is 0.972. The summed E-state index contributed by atoms with van der Waals surface area (Å²) in [5.74, 6) is 0. The maximum Gasteiger partial charge on any atom is 0.0893 e. The van der Waals surface area contributed by atoms with E-state index in [0.29, 0.717) is 0 Å². The average Bonchev–Trinajstić information content (AvgIpc) is 2.39. The Kier molecular flexibility index (Phi) is 2.15. The largest absolute Gasteiger partial charge is 0.246 e. The summed E-state index contributed by atoms with van der Waals surface area (Å²) in [6, 6.07) is 20.4. The van der Waals surface area contributed by atoms with Crippen LogP contribution in [0.5, 0.6) is 0 Å². The zero-order valence-corrected chi connectivity index (χ0v) is 8.72. The van der Waals surface area contributed by atoms with Gasteiger partial charge in [0.25, 0.3) is 0 Å². The van der Waals surface area contributed by atoms with E-state index in [1.807, 2.05) is 18.2 Å². The highest BCUT2D eigenvalue weighted by molar-refractivity contribution is 5.95. The van der Waals surface area contributed by atoms with Gasteiger partial charge in [0.05, 0.1) is 11.9 Å². The van der Waals surface area contributed by atoms with Crippen molar-refractivity contribution in [2.45, 2.75) is 0 Å². The highest BCUT2D eigenvalue weighted by Gasteiger charge is 2.02. The fraction of sp³-hybridized carbons (Fsp3) is 0. The van der Waals surface area contributed by atoms with Gasteiger partial charge in [-0.15, -0.1) is 0 Å². The lowest BCUT2D eigenvalue weighted by Gasteiger charge is -2.04. The van der Waals surface area contributed by atoms with Crippen molar-refractivity contribution in [1.82, 2.24) is 4.98 Å². The molecule has 16 heavy (non-hydrogen) atoms. The topological polar surface area (TPSA) is 12.9 Å². The number of nitrogens with zero attached hydrogens (tertiary/aromatic N) is 1. The quantitative estimate of drug-likeness (QED) is 0.589. The molecule has 0 saturated carbocycles. The lowest BCUT2D eigenvalue weighted by Crippen LogP contribution is -1.83. The number of pyridine rings is 1. The van der Waals surface area contributed by atoms with Gasteiger partial charge in [-0.3, -0.25) is 0 Å². The molecule has 3 rings (SSSR count). The Bertz CT molecular complexity index is 609. The average molecular weight is 204 g/mol. The number of fused-ring (bicyclic) bond motifs is 1. The van der Waals surface area contributed by atoms with Gasteiger partial charge in [-0.1, -0.05) is 48.5 Å². The van der Waals surface area contributed by atoms with Crippen molar-refractivity contribution in [1.29, 1.82) is 0 Å². The first-order valence-corrected chi connectivity index (χ1v) is 5.26. The molecule has 0 aliphatic heterocycles. The summed E-state index contributed by atoms with van der Waals surface area (Å²) in [4.78, 5) is 4.27. The van der Waals surface area contributed by atoms with Gasteiger partial charge < -0.3 is 0 Å². The van der Waals surface area contributed by atoms with Crippen LogP contribution in [-0.4, -0.2) is 4.98 Å². The fourth-order valence-corrected chi connectivity index (χ4v) is 1.93. The molecule has 0 amide bonds. The minimum Gasteiger partial charge on any atom is -0.246 e. The summed E-state index contributed by atoms with van der Waals surface area (Å²) in [7, 11) is 0. The molecule has 1 nitrogen and oxygen atoms in total. The predicted molar refractivity (Wildman–Crippen MR) is 66.0 cm³/mol. The van der Waals surface area contributed by atoms with E-state index in [4.69, 9.17) is 0 Å². The molecule has 0 bridgehead atoms. The molecule has 75 valence electrons. The molecule has 0 saturated heterocycles. The molecule has 1 heterocycles. The summed E-state index contributed by atoms with van der Waals surface area (Å²) in [5.41, 5.74) is 2.13. The maximum absolute atomic E-state index is 4.27. The van der Waals surface area contributed by atoms with Crippen LogP contribution in [-0.2, 0) is 0 Å². The van der Waals surface area contributed by atoms with E-state index in [0.717, 1.165) is 11.3 Å². The van der Waals surface area contributed by atoms with Gasteiger partial charge in [0.2, 0.25) is 0 Å². The third-order valence-electron chi connectivity index (χ3n) is 2.68. The molecule has 0 fully saturated rings. The Morgan fingerprint density at radius 1 is 0.812 bits per heavy atom. The molecule has 1 radical (unpaired) electrons. The third kappa shape index (κ3) is 1.47. The first-order chi connectivity index (χ1) is 7.95. The number of benzene rings is 2. The van der Waals surface area contributed by atoms with E-state index < -0.39 is 0 Å². The van der Waals surface area contributed by atoms with Crippen LogP contribution in [0.15, 0.2) is 60.7 Å². The summed E-state index contributed by atoms with van der Waals surface area (Å²) < 4.78 is 0. The van der Waals surface area contributed by atoms with Gasteiger partial charge >= 0.3 is 0 Å². The lowest BCUT2D eigenvalue weighted by molar-refractivity contribution is 1.32. The molecule has 0 aliphatic rings. The van der Waals surface area contributed by atoms with Gasteiger partial charge in [-0.05, 0) is 22.9 Å². The zero-order valence-electron chi connectivity index (χ0n) is 8.72. The molecule has 1 aromatic heterocycles. The SMILES string of the molecule is [c]1cccc(-c2cccc3ccccc23)n1. The molecule has 1 heteroatoms. The van der Waals surface area contributed by atoms with Crippen molar-refractivity contribution < 1.29 is 0 Å². The molecular weight excluding hydrogens is 194 g/mol. The number of hydrogen-bond donors (Lipinski definition) is 0. The Labute approximate surface area is 94.4 Å². The van der Waals surface area contributed by atoms with Crippen LogP contribution in [0, 0.1) is 6.20 Å². The normalized spacial score (nSPS) is 10.5. The van der Waals surface area contributed by atoms with Gasteiger partial charge in [-0.25, -0.2) is 4.98 Å². The second-order valence-electron chi connectivity index (χ2n) is 3.68. The summed E-state index contributed by atoms with van der Waals surface area (Å²) >= 11 is 0. The van der Waals surface area contributed by atoms with Gasteiger partial charge in [0.15, 0.2) is 0 Å². The van der Waals surface area contributed by atoms with Gasteiger partial charge in [0, 0.05) is 5.56 Å². The first kappa shape index (κ1) is 9.10. The lowest BCUT2D eigenvalue weighted by atomic mass is 10.0. The van der Waals surface area contributed by atoms with E-state index in [2.05, 4.69) is 53.6 Å². The van der Waals surface area contributed by atoms with Crippen LogP contribution < -0.4 is 0 Å². The molecule has 0 N–H and O–H groups in total. The van der Waals surface area contributed by atoms with E-state index in [1.54, 1.807) is 0 Å². The Hall–Kier alpha value is -2.15. The monoisotopic (exact) mass is 204 g/mol. The van der Waals surface area contributed by atoms with Crippen LogP contribution in [0.25, 0.3) is 22.0 Å². The Morgan fingerprint density at radius 2 is 1.69 bits per heavy atom. The number of rotatable bonds is 1. The van der Waals surface area contributed by atoms with Crippen LogP contribution >= 0.6 is 0 Å². The maximum atomic E-state index is 4.27. The van der Waals surface area contributed by atoms with Gasteiger partial charge in [-0.2, -0.15) is 0 Å². The standard InChI is InChI=1S/C15H10N/c1-2-8-13-12(6-1)7-5-9-14(13)15-10-3-4-11-16-15/h1-10H. The highest BCUT2D eigenvalue weighted by atomic mass is 14.7. The second kappa shape index (κ2) is 3.78. The van der Waals surface area contributed by atoms with Crippen LogP contribution in [0.1, 0.15) is 0 Å². The van der Waals surface area contributed by atoms with Crippen LogP contribution in [0.3, 0.4) is 0 Å². The molecule has 2 aromatic carbocycles. The molecule has 3 aromatic rings. The van der Waals surface area contributed by atoms with E-state index >= 15 is 0 Å².